The van der Waals surface area contributed by atoms with Gasteiger partial charge in [-0.05, 0) is 25.5 Å². The minimum absolute atomic E-state index is 0.332. The van der Waals surface area contributed by atoms with E-state index in [9.17, 15) is 8.42 Å². The summed E-state index contributed by atoms with van der Waals surface area (Å²) in [6.45, 7) is 3.82. The van der Waals surface area contributed by atoms with Crippen molar-refractivity contribution in [1.82, 2.24) is 9.78 Å². The Labute approximate surface area is 111 Å². The van der Waals surface area contributed by atoms with Crippen LogP contribution < -0.4 is 4.72 Å². The second-order valence-corrected chi connectivity index (χ2v) is 7.05. The Balaban J connectivity index is 2.29. The Bertz CT molecular complexity index is 656. The third-order valence-electron chi connectivity index (χ3n) is 2.49. The molecule has 5 nitrogen and oxygen atoms in total. The Morgan fingerprint density at radius 2 is 2.17 bits per heavy atom. The molecule has 0 saturated heterocycles. The zero-order valence-electron chi connectivity index (χ0n) is 10.5. The average molecular weight is 285 g/mol. The highest BCUT2D eigenvalue weighted by molar-refractivity contribution is 7.94. The fraction of sp³-hybridized carbons (Fsp3) is 0.364. The number of sulfonamides is 1. The van der Waals surface area contributed by atoms with Crippen LogP contribution in [0.25, 0.3) is 0 Å². The van der Waals surface area contributed by atoms with Crippen LogP contribution in [0.15, 0.2) is 22.4 Å². The van der Waals surface area contributed by atoms with Crippen LogP contribution in [0.2, 0.25) is 0 Å². The predicted octanol–water partition coefficient (Wildman–Crippen LogP) is 2.15. The second-order valence-electron chi connectivity index (χ2n) is 3.97. The first kappa shape index (κ1) is 13.1. The Hall–Kier alpha value is -1.34. The Morgan fingerprint density at radius 3 is 2.67 bits per heavy atom. The van der Waals surface area contributed by atoms with Gasteiger partial charge in [0.15, 0.2) is 0 Å². The van der Waals surface area contributed by atoms with Gasteiger partial charge >= 0.3 is 0 Å². The van der Waals surface area contributed by atoms with Crippen LogP contribution >= 0.6 is 11.3 Å². The van der Waals surface area contributed by atoms with Gasteiger partial charge in [-0.2, -0.15) is 5.10 Å². The molecule has 0 aliphatic rings. The maximum Gasteiger partial charge on any atom is 0.272 e. The summed E-state index contributed by atoms with van der Waals surface area (Å²) < 4.78 is 28.7. The fourth-order valence-corrected chi connectivity index (χ4v) is 3.96. The van der Waals surface area contributed by atoms with Gasteiger partial charge in [0.2, 0.25) is 0 Å². The predicted molar refractivity (Wildman–Crippen MR) is 72.5 cm³/mol. The number of aryl methyl sites for hydroxylation is 3. The Kier molecular flexibility index (Phi) is 3.45. The van der Waals surface area contributed by atoms with E-state index in [1.54, 1.807) is 19.2 Å². The van der Waals surface area contributed by atoms with Gasteiger partial charge in [0.1, 0.15) is 10.0 Å². The number of thiophene rings is 1. The highest BCUT2D eigenvalue weighted by Crippen LogP contribution is 2.24. The third kappa shape index (κ3) is 2.56. The lowest BCUT2D eigenvalue weighted by Gasteiger charge is -2.05. The minimum Gasteiger partial charge on any atom is -0.263 e. The van der Waals surface area contributed by atoms with Gasteiger partial charge in [-0.3, -0.25) is 9.40 Å². The van der Waals surface area contributed by atoms with Crippen molar-refractivity contribution in [2.45, 2.75) is 24.5 Å². The smallest absolute Gasteiger partial charge is 0.263 e. The van der Waals surface area contributed by atoms with Crippen molar-refractivity contribution in [1.29, 1.82) is 0 Å². The SMILES string of the molecule is CCc1ccc(S(=O)(=O)Nc2cc(C)nn2C)s1. The average Bonchev–Trinajstić information content (AvgIpc) is 2.86. The van der Waals surface area contributed by atoms with Crippen molar-refractivity contribution in [2.24, 2.45) is 7.05 Å². The number of anilines is 1. The van der Waals surface area contributed by atoms with Gasteiger partial charge in [-0.1, -0.05) is 6.92 Å². The molecule has 98 valence electrons. The number of hydrogen-bond donors (Lipinski definition) is 1. The van der Waals surface area contributed by atoms with Gasteiger partial charge in [-0.25, -0.2) is 8.42 Å². The molecule has 0 aliphatic heterocycles. The maximum absolute atomic E-state index is 12.2. The first-order valence-electron chi connectivity index (χ1n) is 5.54. The molecule has 0 atom stereocenters. The highest BCUT2D eigenvalue weighted by Gasteiger charge is 2.18. The van der Waals surface area contributed by atoms with Crippen molar-refractivity contribution in [2.75, 3.05) is 4.72 Å². The van der Waals surface area contributed by atoms with E-state index in [1.807, 2.05) is 19.9 Å². The minimum atomic E-state index is -3.50. The van der Waals surface area contributed by atoms with Crippen LogP contribution in [0.4, 0.5) is 5.82 Å². The van der Waals surface area contributed by atoms with Crippen LogP contribution in [0, 0.1) is 6.92 Å². The second kappa shape index (κ2) is 4.74. The lowest BCUT2D eigenvalue weighted by atomic mass is 10.4. The van der Waals surface area contributed by atoms with E-state index in [0.29, 0.717) is 10.0 Å². The summed E-state index contributed by atoms with van der Waals surface area (Å²) >= 11 is 1.29. The number of nitrogens with one attached hydrogen (secondary N) is 1. The number of nitrogens with zero attached hydrogens (tertiary/aromatic N) is 2. The van der Waals surface area contributed by atoms with Gasteiger partial charge < -0.3 is 0 Å². The molecular weight excluding hydrogens is 270 g/mol. The fourth-order valence-electron chi connectivity index (χ4n) is 1.59. The molecule has 0 aromatic carbocycles. The van der Waals surface area contributed by atoms with Crippen LogP contribution in [0.5, 0.6) is 0 Å². The summed E-state index contributed by atoms with van der Waals surface area (Å²) in [6, 6.07) is 5.18. The molecule has 0 fully saturated rings. The maximum atomic E-state index is 12.2. The molecule has 2 aromatic rings. The molecule has 0 bridgehead atoms. The van der Waals surface area contributed by atoms with Crippen LogP contribution in [0.1, 0.15) is 17.5 Å². The summed E-state index contributed by atoms with van der Waals surface area (Å²) in [5.74, 6) is 0.471. The van der Waals surface area contributed by atoms with E-state index in [4.69, 9.17) is 0 Å². The summed E-state index contributed by atoms with van der Waals surface area (Å²) in [7, 11) is -1.80. The number of aromatic nitrogens is 2. The lowest BCUT2D eigenvalue weighted by Crippen LogP contribution is -2.14. The quantitative estimate of drug-likeness (QED) is 0.936. The standard InChI is InChI=1S/C11H15N3O2S2/c1-4-9-5-6-11(17-9)18(15,16)13-10-7-8(2)12-14(10)3/h5-7,13H,4H2,1-3H3. The molecule has 2 rings (SSSR count). The van der Waals surface area contributed by atoms with Crippen molar-refractivity contribution in [3.05, 3.63) is 28.8 Å². The van der Waals surface area contributed by atoms with E-state index in [2.05, 4.69) is 9.82 Å². The van der Waals surface area contributed by atoms with Gasteiger partial charge in [-0.15, -0.1) is 11.3 Å². The molecular formula is C11H15N3O2S2. The summed E-state index contributed by atoms with van der Waals surface area (Å²) in [5.41, 5.74) is 0.774. The largest absolute Gasteiger partial charge is 0.272 e. The van der Waals surface area contributed by atoms with Crippen LogP contribution in [0.3, 0.4) is 0 Å². The van der Waals surface area contributed by atoms with Crippen molar-refractivity contribution >= 4 is 27.2 Å². The molecule has 0 unspecified atom stereocenters. The zero-order chi connectivity index (χ0) is 13.3. The first-order chi connectivity index (χ1) is 8.42. The molecule has 0 spiro atoms. The van der Waals surface area contributed by atoms with Gasteiger partial charge in [0.25, 0.3) is 10.0 Å². The molecule has 18 heavy (non-hydrogen) atoms. The highest BCUT2D eigenvalue weighted by atomic mass is 32.2. The molecule has 2 aromatic heterocycles. The summed E-state index contributed by atoms with van der Waals surface area (Å²) in [4.78, 5) is 1.05. The zero-order valence-corrected chi connectivity index (χ0v) is 12.1. The van der Waals surface area contributed by atoms with E-state index >= 15 is 0 Å². The van der Waals surface area contributed by atoms with Crippen molar-refractivity contribution in [3.63, 3.8) is 0 Å². The lowest BCUT2D eigenvalue weighted by molar-refractivity contribution is 0.602. The van der Waals surface area contributed by atoms with E-state index < -0.39 is 10.0 Å². The first-order valence-corrected chi connectivity index (χ1v) is 7.84. The van der Waals surface area contributed by atoms with E-state index in [-0.39, 0.29) is 0 Å². The molecule has 0 aliphatic carbocycles. The van der Waals surface area contributed by atoms with Gasteiger partial charge in [0, 0.05) is 18.0 Å². The van der Waals surface area contributed by atoms with Crippen LogP contribution in [-0.4, -0.2) is 18.2 Å². The van der Waals surface area contributed by atoms with E-state index in [1.165, 1.54) is 16.0 Å². The normalized spacial score (nSPS) is 11.7. The van der Waals surface area contributed by atoms with Crippen LogP contribution in [-0.2, 0) is 23.5 Å². The number of rotatable bonds is 4. The van der Waals surface area contributed by atoms with Crippen molar-refractivity contribution < 1.29 is 8.42 Å². The molecule has 2 heterocycles. The summed E-state index contributed by atoms with van der Waals surface area (Å²) in [5, 5.41) is 4.10. The summed E-state index contributed by atoms with van der Waals surface area (Å²) in [6.07, 6.45) is 0.838. The monoisotopic (exact) mass is 285 g/mol. The number of hydrogen-bond acceptors (Lipinski definition) is 4. The van der Waals surface area contributed by atoms with Gasteiger partial charge in [0.05, 0.1) is 5.69 Å². The molecule has 7 heteroatoms. The Morgan fingerprint density at radius 1 is 1.44 bits per heavy atom. The molecule has 0 radical (unpaired) electrons. The molecule has 0 saturated carbocycles. The topological polar surface area (TPSA) is 64.0 Å². The third-order valence-corrected chi connectivity index (χ3v) is 5.57. The van der Waals surface area contributed by atoms with E-state index in [0.717, 1.165) is 17.0 Å². The molecule has 1 N–H and O–H groups in total. The molecule has 0 amide bonds. The van der Waals surface area contributed by atoms with Crippen molar-refractivity contribution in [3.8, 4) is 0 Å².